The smallest absolute Gasteiger partial charge is 0.192 e. The molecule has 0 saturated heterocycles. The van der Waals surface area contributed by atoms with E-state index >= 15 is 0 Å². The van der Waals surface area contributed by atoms with Gasteiger partial charge in [0.1, 0.15) is 0 Å². The molecule has 0 aromatic heterocycles. The zero-order valence-corrected chi connectivity index (χ0v) is 11.8. The molecule has 0 aliphatic carbocycles. The fraction of sp³-hybridized carbons (Fsp3) is 0.500. The van der Waals surface area contributed by atoms with E-state index in [-0.39, 0.29) is 0 Å². The van der Waals surface area contributed by atoms with Crippen molar-refractivity contribution >= 4 is 23.0 Å². The number of methoxy groups -OCH3 is 1. The molecule has 0 bridgehead atoms. The van der Waals surface area contributed by atoms with Gasteiger partial charge in [0.25, 0.3) is 0 Å². The molecule has 0 heterocycles. The standard InChI is InChI=1S/C12H17IO2/c1-5-9(3)10-6-8(2)7-11(14-4)12(10)15-13/h6-7,9H,5H2,1-4H3. The topological polar surface area (TPSA) is 18.5 Å². The summed E-state index contributed by atoms with van der Waals surface area (Å²) in [6.45, 7) is 6.45. The summed E-state index contributed by atoms with van der Waals surface area (Å²) in [5.41, 5.74) is 2.43. The van der Waals surface area contributed by atoms with E-state index in [2.05, 4.69) is 26.8 Å². The molecule has 1 aromatic carbocycles. The molecule has 0 aliphatic heterocycles. The minimum atomic E-state index is 0.489. The molecule has 84 valence electrons. The summed E-state index contributed by atoms with van der Waals surface area (Å²) in [5, 5.41) is 0. The second kappa shape index (κ2) is 5.58. The Kier molecular flexibility index (Phi) is 4.70. The van der Waals surface area contributed by atoms with E-state index in [1.807, 2.05) is 29.1 Å². The zero-order chi connectivity index (χ0) is 11.4. The minimum absolute atomic E-state index is 0.489. The molecule has 1 rings (SSSR count). The monoisotopic (exact) mass is 320 g/mol. The van der Waals surface area contributed by atoms with Crippen LogP contribution < -0.4 is 7.80 Å². The Morgan fingerprint density at radius 1 is 1.40 bits per heavy atom. The molecule has 0 spiro atoms. The van der Waals surface area contributed by atoms with Crippen LogP contribution in [0.2, 0.25) is 0 Å². The van der Waals surface area contributed by atoms with Gasteiger partial charge in [-0.2, -0.15) is 0 Å². The van der Waals surface area contributed by atoms with E-state index in [4.69, 9.17) is 7.80 Å². The van der Waals surface area contributed by atoms with Gasteiger partial charge >= 0.3 is 0 Å². The van der Waals surface area contributed by atoms with Crippen LogP contribution in [0.4, 0.5) is 0 Å². The van der Waals surface area contributed by atoms with Gasteiger partial charge in [-0.05, 0) is 30.9 Å². The highest BCUT2D eigenvalue weighted by atomic mass is 127. The first-order valence-electron chi connectivity index (χ1n) is 5.11. The zero-order valence-electron chi connectivity index (χ0n) is 9.63. The maximum Gasteiger partial charge on any atom is 0.192 e. The fourth-order valence-corrected chi connectivity index (χ4v) is 2.06. The molecule has 15 heavy (non-hydrogen) atoms. The number of aryl methyl sites for hydroxylation is 1. The van der Waals surface area contributed by atoms with Gasteiger partial charge in [-0.1, -0.05) is 19.9 Å². The lowest BCUT2D eigenvalue weighted by Gasteiger charge is -2.16. The van der Waals surface area contributed by atoms with Crippen LogP contribution in [-0.2, 0) is 0 Å². The third-order valence-electron chi connectivity index (χ3n) is 2.67. The predicted molar refractivity (Wildman–Crippen MR) is 71.1 cm³/mol. The van der Waals surface area contributed by atoms with Crippen molar-refractivity contribution in [3.8, 4) is 11.5 Å². The molecule has 2 nitrogen and oxygen atoms in total. The van der Waals surface area contributed by atoms with E-state index < -0.39 is 0 Å². The second-order valence-corrected chi connectivity index (χ2v) is 4.21. The Morgan fingerprint density at radius 3 is 2.53 bits per heavy atom. The number of benzene rings is 1. The van der Waals surface area contributed by atoms with Crippen molar-refractivity contribution < 1.29 is 7.80 Å². The fourth-order valence-electron chi connectivity index (χ4n) is 1.59. The quantitative estimate of drug-likeness (QED) is 0.772. The van der Waals surface area contributed by atoms with Crippen molar-refractivity contribution in [3.05, 3.63) is 23.3 Å². The Morgan fingerprint density at radius 2 is 2.07 bits per heavy atom. The van der Waals surface area contributed by atoms with E-state index in [9.17, 15) is 0 Å². The van der Waals surface area contributed by atoms with E-state index in [1.165, 1.54) is 11.1 Å². The van der Waals surface area contributed by atoms with Gasteiger partial charge in [0.15, 0.2) is 34.5 Å². The SMILES string of the molecule is CCC(C)c1cc(C)cc(OC)c1OI. The molecular formula is C12H17IO2. The third kappa shape index (κ3) is 2.77. The molecule has 1 atom stereocenters. The van der Waals surface area contributed by atoms with Crippen LogP contribution in [0.15, 0.2) is 12.1 Å². The highest BCUT2D eigenvalue weighted by Gasteiger charge is 2.15. The van der Waals surface area contributed by atoms with E-state index in [0.29, 0.717) is 5.92 Å². The van der Waals surface area contributed by atoms with Crippen molar-refractivity contribution in [2.24, 2.45) is 0 Å². The van der Waals surface area contributed by atoms with Crippen molar-refractivity contribution in [3.63, 3.8) is 0 Å². The highest BCUT2D eigenvalue weighted by molar-refractivity contribution is 14.1. The molecular weight excluding hydrogens is 303 g/mol. The van der Waals surface area contributed by atoms with Gasteiger partial charge in [-0.15, -0.1) is 0 Å². The molecule has 0 fully saturated rings. The van der Waals surface area contributed by atoms with Crippen molar-refractivity contribution in [2.75, 3.05) is 7.11 Å². The van der Waals surface area contributed by atoms with E-state index in [0.717, 1.165) is 17.9 Å². The largest absolute Gasteiger partial charge is 0.493 e. The average molecular weight is 320 g/mol. The van der Waals surface area contributed by atoms with Gasteiger partial charge < -0.3 is 7.80 Å². The van der Waals surface area contributed by atoms with Gasteiger partial charge in [-0.3, -0.25) is 0 Å². The normalized spacial score (nSPS) is 12.3. The van der Waals surface area contributed by atoms with Crippen LogP contribution in [0.3, 0.4) is 0 Å². The number of halogens is 1. The highest BCUT2D eigenvalue weighted by Crippen LogP contribution is 2.39. The molecule has 1 aromatic rings. The first kappa shape index (κ1) is 12.6. The molecule has 0 saturated carbocycles. The van der Waals surface area contributed by atoms with Gasteiger partial charge in [0.2, 0.25) is 0 Å². The molecule has 3 heteroatoms. The molecule has 0 radical (unpaired) electrons. The summed E-state index contributed by atoms with van der Waals surface area (Å²) >= 11 is 1.91. The maximum atomic E-state index is 5.39. The van der Waals surface area contributed by atoms with Gasteiger partial charge in [-0.25, -0.2) is 0 Å². The molecule has 0 amide bonds. The van der Waals surface area contributed by atoms with Crippen LogP contribution in [0.1, 0.15) is 37.3 Å². The Labute approximate surface area is 106 Å². The Balaban J connectivity index is 3.28. The molecule has 1 unspecified atom stereocenters. The Hall–Kier alpha value is -0.450. The lowest BCUT2D eigenvalue weighted by atomic mass is 9.95. The summed E-state index contributed by atoms with van der Waals surface area (Å²) in [7, 11) is 1.67. The third-order valence-corrected chi connectivity index (χ3v) is 3.11. The summed E-state index contributed by atoms with van der Waals surface area (Å²) in [5.74, 6) is 2.17. The first-order valence-corrected chi connectivity index (χ1v) is 5.99. The van der Waals surface area contributed by atoms with Gasteiger partial charge in [0.05, 0.1) is 7.11 Å². The maximum absolute atomic E-state index is 5.39. The summed E-state index contributed by atoms with van der Waals surface area (Å²) in [6.07, 6.45) is 1.10. The van der Waals surface area contributed by atoms with Gasteiger partial charge in [0, 0.05) is 5.56 Å². The lowest BCUT2D eigenvalue weighted by molar-refractivity contribution is 0.400. The first-order chi connectivity index (χ1) is 7.13. The number of ether oxygens (including phenoxy) is 1. The van der Waals surface area contributed by atoms with Crippen LogP contribution in [0, 0.1) is 6.92 Å². The van der Waals surface area contributed by atoms with Crippen LogP contribution in [0.25, 0.3) is 0 Å². The minimum Gasteiger partial charge on any atom is -0.493 e. The molecule has 0 N–H and O–H groups in total. The Bertz CT molecular complexity index is 337. The van der Waals surface area contributed by atoms with Crippen molar-refractivity contribution in [1.82, 2.24) is 0 Å². The van der Waals surface area contributed by atoms with Crippen LogP contribution in [-0.4, -0.2) is 7.11 Å². The van der Waals surface area contributed by atoms with E-state index in [1.54, 1.807) is 7.11 Å². The number of hydrogen-bond donors (Lipinski definition) is 0. The summed E-state index contributed by atoms with van der Waals surface area (Å²) in [6, 6.07) is 4.17. The summed E-state index contributed by atoms with van der Waals surface area (Å²) < 4.78 is 10.7. The number of rotatable bonds is 4. The average Bonchev–Trinajstić information content (AvgIpc) is 2.26. The van der Waals surface area contributed by atoms with Crippen molar-refractivity contribution in [1.29, 1.82) is 0 Å². The molecule has 0 aliphatic rings. The van der Waals surface area contributed by atoms with Crippen LogP contribution >= 0.6 is 23.0 Å². The van der Waals surface area contributed by atoms with Crippen molar-refractivity contribution in [2.45, 2.75) is 33.1 Å². The summed E-state index contributed by atoms with van der Waals surface area (Å²) in [4.78, 5) is 0. The second-order valence-electron chi connectivity index (χ2n) is 3.77. The number of hydrogen-bond acceptors (Lipinski definition) is 2. The lowest BCUT2D eigenvalue weighted by Crippen LogP contribution is -1.98. The van der Waals surface area contributed by atoms with Crippen LogP contribution in [0.5, 0.6) is 11.5 Å². The predicted octanol–water partition coefficient (Wildman–Crippen LogP) is 4.25.